The van der Waals surface area contributed by atoms with Gasteiger partial charge in [0.25, 0.3) is 0 Å². The minimum atomic E-state index is -3.26. The van der Waals surface area contributed by atoms with E-state index in [-0.39, 0.29) is 17.3 Å². The number of nitrogens with one attached hydrogen (secondary N) is 3. The molecule has 3 aromatic rings. The Morgan fingerprint density at radius 3 is 2.81 bits per heavy atom. The minimum absolute atomic E-state index is 0.0554. The number of anilines is 3. The molecule has 1 fully saturated rings. The summed E-state index contributed by atoms with van der Waals surface area (Å²) in [6.45, 7) is 2.45. The summed E-state index contributed by atoms with van der Waals surface area (Å²) >= 11 is 0. The number of hydrogen-bond acceptors (Lipinski definition) is 8. The minimum Gasteiger partial charge on any atom is -0.366 e. The van der Waals surface area contributed by atoms with Gasteiger partial charge in [-0.3, -0.25) is 9.48 Å². The predicted octanol–water partition coefficient (Wildman–Crippen LogP) is 2.02. The van der Waals surface area contributed by atoms with Crippen LogP contribution in [0.15, 0.2) is 47.8 Å². The molecule has 0 spiro atoms. The van der Waals surface area contributed by atoms with Crippen molar-refractivity contribution in [1.29, 1.82) is 0 Å². The fourth-order valence-electron chi connectivity index (χ4n) is 3.04. The fourth-order valence-corrected chi connectivity index (χ4v) is 3.74. The van der Waals surface area contributed by atoms with Crippen molar-refractivity contribution in [2.24, 2.45) is 0 Å². The van der Waals surface area contributed by atoms with Crippen LogP contribution in [-0.4, -0.2) is 46.4 Å². The van der Waals surface area contributed by atoms with Gasteiger partial charge in [-0.25, -0.2) is 13.4 Å². The van der Waals surface area contributed by atoms with E-state index in [1.807, 2.05) is 13.0 Å². The Hall–Kier alpha value is -3.47. The molecule has 2 heterocycles. The number of carbonyl (C=O) groups excluding carboxylic acids is 1. The van der Waals surface area contributed by atoms with E-state index >= 15 is 0 Å². The van der Waals surface area contributed by atoms with Crippen LogP contribution in [0.25, 0.3) is 0 Å². The highest BCUT2D eigenvalue weighted by Crippen LogP contribution is 2.20. The number of aromatic nitrogens is 4. The van der Waals surface area contributed by atoms with Crippen molar-refractivity contribution in [1.82, 2.24) is 25.1 Å². The van der Waals surface area contributed by atoms with E-state index in [0.717, 1.165) is 24.0 Å². The Balaban J connectivity index is 1.39. The van der Waals surface area contributed by atoms with Crippen LogP contribution in [0.3, 0.4) is 0 Å². The van der Waals surface area contributed by atoms with Gasteiger partial charge in [-0.15, -0.1) is 0 Å². The van der Waals surface area contributed by atoms with Gasteiger partial charge >= 0.3 is 0 Å². The van der Waals surface area contributed by atoms with Crippen molar-refractivity contribution in [3.05, 3.63) is 54.0 Å². The highest BCUT2D eigenvalue weighted by Gasteiger charge is 2.23. The van der Waals surface area contributed by atoms with E-state index in [4.69, 9.17) is 0 Å². The summed E-state index contributed by atoms with van der Waals surface area (Å²) in [5.41, 5.74) is 2.34. The normalized spacial score (nSPS) is 13.6. The summed E-state index contributed by atoms with van der Waals surface area (Å²) in [6, 6.07) is 7.11. The second kappa shape index (κ2) is 8.95. The number of nitrogens with zero attached hydrogens (tertiary/aromatic N) is 4. The highest BCUT2D eigenvalue weighted by molar-refractivity contribution is 7.90. The molecule has 2 aromatic heterocycles. The monoisotopic (exact) mass is 455 g/mol. The van der Waals surface area contributed by atoms with Crippen molar-refractivity contribution >= 4 is 33.2 Å². The van der Waals surface area contributed by atoms with Gasteiger partial charge in [-0.1, -0.05) is 12.1 Å². The number of rotatable bonds is 9. The molecule has 32 heavy (non-hydrogen) atoms. The lowest BCUT2D eigenvalue weighted by Crippen LogP contribution is -2.29. The quantitative estimate of drug-likeness (QED) is 0.447. The van der Waals surface area contributed by atoms with E-state index < -0.39 is 9.84 Å². The molecule has 0 aliphatic heterocycles. The van der Waals surface area contributed by atoms with E-state index in [1.54, 1.807) is 41.5 Å². The Labute approximate surface area is 186 Å². The molecule has 3 N–H and O–H groups in total. The molecule has 10 nitrogen and oxygen atoms in total. The first-order valence-corrected chi connectivity index (χ1v) is 12.1. The van der Waals surface area contributed by atoms with Gasteiger partial charge in [-0.05, 0) is 37.5 Å². The lowest BCUT2D eigenvalue weighted by atomic mass is 10.2. The first-order chi connectivity index (χ1) is 15.3. The second-order valence-electron chi connectivity index (χ2n) is 7.89. The number of carbonyl (C=O) groups is 1. The van der Waals surface area contributed by atoms with E-state index in [0.29, 0.717) is 30.0 Å². The van der Waals surface area contributed by atoms with Crippen molar-refractivity contribution in [2.45, 2.75) is 43.8 Å². The number of sulfone groups is 1. The molecule has 168 valence electrons. The Morgan fingerprint density at radius 1 is 1.25 bits per heavy atom. The van der Waals surface area contributed by atoms with Gasteiger partial charge in [0, 0.05) is 36.8 Å². The van der Waals surface area contributed by atoms with E-state index in [2.05, 4.69) is 31.0 Å². The third kappa shape index (κ3) is 5.82. The van der Waals surface area contributed by atoms with Crippen molar-refractivity contribution in [3.8, 4) is 0 Å². The Kier molecular flexibility index (Phi) is 6.08. The molecule has 1 saturated carbocycles. The topological polar surface area (TPSA) is 131 Å². The van der Waals surface area contributed by atoms with E-state index in [9.17, 15) is 13.2 Å². The summed E-state index contributed by atoms with van der Waals surface area (Å²) in [4.78, 5) is 21.0. The molecular formula is C21H25N7O3S. The van der Waals surface area contributed by atoms with Crippen LogP contribution in [0.2, 0.25) is 0 Å². The predicted molar refractivity (Wildman–Crippen MR) is 120 cm³/mol. The molecule has 1 aliphatic rings. The van der Waals surface area contributed by atoms with Crippen molar-refractivity contribution in [2.75, 3.05) is 16.9 Å². The number of aryl methyl sites for hydroxylation is 1. The average Bonchev–Trinajstić information content (AvgIpc) is 3.45. The highest BCUT2D eigenvalue weighted by atomic mass is 32.2. The van der Waals surface area contributed by atoms with Crippen LogP contribution in [0, 0.1) is 6.92 Å². The van der Waals surface area contributed by atoms with Crippen LogP contribution in [0.4, 0.5) is 17.5 Å². The standard InChI is InChI=1S/C21H25N7O3S/c1-14-9-23-21(26-17-11-24-28(12-17)13-19(29)25-16-6-7-16)27-20(14)22-10-15-4-3-5-18(8-15)32(2,30)31/h3-5,8-9,11-12,16H,6-7,10,13H2,1-2H3,(H,25,29)(H2,22,23,26,27). The Morgan fingerprint density at radius 2 is 2.06 bits per heavy atom. The second-order valence-corrected chi connectivity index (χ2v) is 9.91. The SMILES string of the molecule is Cc1cnc(Nc2cnn(CC(=O)NC3CC3)c2)nc1NCc1cccc(S(C)(=O)=O)c1. The number of amides is 1. The molecule has 1 aromatic carbocycles. The number of hydrogen-bond donors (Lipinski definition) is 3. The molecule has 1 amide bonds. The number of benzene rings is 1. The lowest BCUT2D eigenvalue weighted by molar-refractivity contribution is -0.122. The van der Waals surface area contributed by atoms with Crippen LogP contribution in [0.5, 0.6) is 0 Å². The summed E-state index contributed by atoms with van der Waals surface area (Å²) in [7, 11) is -3.26. The largest absolute Gasteiger partial charge is 0.366 e. The zero-order chi connectivity index (χ0) is 22.7. The summed E-state index contributed by atoms with van der Waals surface area (Å²) < 4.78 is 25.1. The molecule has 0 bridgehead atoms. The summed E-state index contributed by atoms with van der Waals surface area (Å²) in [5.74, 6) is 0.952. The van der Waals surface area contributed by atoms with Gasteiger partial charge < -0.3 is 16.0 Å². The smallest absolute Gasteiger partial charge is 0.241 e. The third-order valence-corrected chi connectivity index (χ3v) is 6.01. The molecule has 1 aliphatic carbocycles. The van der Waals surface area contributed by atoms with Gasteiger partial charge in [0.2, 0.25) is 11.9 Å². The fraction of sp³-hybridized carbons (Fsp3) is 0.333. The van der Waals surface area contributed by atoms with Crippen LogP contribution >= 0.6 is 0 Å². The molecule has 4 rings (SSSR count). The first kappa shape index (κ1) is 21.8. The molecular weight excluding hydrogens is 430 g/mol. The van der Waals surface area contributed by atoms with Crippen LogP contribution < -0.4 is 16.0 Å². The van der Waals surface area contributed by atoms with Crippen molar-refractivity contribution in [3.63, 3.8) is 0 Å². The third-order valence-electron chi connectivity index (χ3n) is 4.90. The zero-order valence-corrected chi connectivity index (χ0v) is 18.7. The van der Waals surface area contributed by atoms with Gasteiger partial charge in [0.1, 0.15) is 12.4 Å². The molecule has 0 unspecified atom stereocenters. The maximum atomic E-state index is 11.9. The summed E-state index contributed by atoms with van der Waals surface area (Å²) in [6.07, 6.45) is 8.30. The molecule has 0 saturated heterocycles. The van der Waals surface area contributed by atoms with Gasteiger partial charge in [0.15, 0.2) is 9.84 Å². The van der Waals surface area contributed by atoms with Crippen LogP contribution in [-0.2, 0) is 27.7 Å². The zero-order valence-electron chi connectivity index (χ0n) is 17.9. The molecule has 11 heteroatoms. The van der Waals surface area contributed by atoms with Crippen molar-refractivity contribution < 1.29 is 13.2 Å². The lowest BCUT2D eigenvalue weighted by Gasteiger charge is -2.11. The summed E-state index contributed by atoms with van der Waals surface area (Å²) in [5, 5.41) is 13.4. The van der Waals surface area contributed by atoms with Crippen LogP contribution in [0.1, 0.15) is 24.0 Å². The van der Waals surface area contributed by atoms with Gasteiger partial charge in [0.05, 0.1) is 16.8 Å². The Bertz CT molecular complexity index is 1240. The molecule has 0 radical (unpaired) electrons. The first-order valence-electron chi connectivity index (χ1n) is 10.2. The average molecular weight is 456 g/mol. The molecule has 0 atom stereocenters. The maximum absolute atomic E-state index is 11.9. The van der Waals surface area contributed by atoms with E-state index in [1.165, 1.54) is 6.26 Å². The maximum Gasteiger partial charge on any atom is 0.241 e. The van der Waals surface area contributed by atoms with Gasteiger partial charge in [-0.2, -0.15) is 10.1 Å².